The topological polar surface area (TPSA) is 60.8 Å². The number of thiazole rings is 1. The summed E-state index contributed by atoms with van der Waals surface area (Å²) in [4.78, 5) is 28.1. The number of hydrogen-bond acceptors (Lipinski definition) is 5. The van der Waals surface area contributed by atoms with E-state index in [1.54, 1.807) is 36.8 Å². The fraction of sp³-hybridized carbons (Fsp3) is 0.238. The Bertz CT molecular complexity index is 1100. The van der Waals surface area contributed by atoms with Crippen molar-refractivity contribution in [1.29, 1.82) is 0 Å². The minimum atomic E-state index is -0.182. The van der Waals surface area contributed by atoms with E-state index in [4.69, 9.17) is 9.47 Å². The zero-order valence-corrected chi connectivity index (χ0v) is 16.7. The van der Waals surface area contributed by atoms with Crippen LogP contribution in [0.3, 0.4) is 0 Å². The lowest BCUT2D eigenvalue weighted by atomic mass is 9.90. The van der Waals surface area contributed by atoms with E-state index in [1.807, 2.05) is 42.5 Å². The van der Waals surface area contributed by atoms with E-state index in [1.165, 1.54) is 11.3 Å². The van der Waals surface area contributed by atoms with Gasteiger partial charge in [0.05, 0.1) is 24.8 Å². The van der Waals surface area contributed by atoms with E-state index in [-0.39, 0.29) is 23.1 Å². The van der Waals surface area contributed by atoms with Crippen LogP contribution in [-0.4, -0.2) is 24.7 Å². The second kappa shape index (κ2) is 7.16. The number of nitrogens with zero attached hydrogens (tertiary/aromatic N) is 2. The molecule has 0 aliphatic carbocycles. The van der Waals surface area contributed by atoms with Crippen LogP contribution in [0.2, 0.25) is 0 Å². The molecule has 4 rings (SSSR count). The molecule has 144 valence electrons. The number of ether oxygens (including phenoxy) is 2. The molecule has 0 unspecified atom stereocenters. The van der Waals surface area contributed by atoms with Crippen molar-refractivity contribution in [3.8, 4) is 11.5 Å². The number of aromatic nitrogens is 1. The lowest BCUT2D eigenvalue weighted by Crippen LogP contribution is -2.34. The molecule has 1 amide bonds. The summed E-state index contributed by atoms with van der Waals surface area (Å²) in [5.74, 6) is 1.75. The van der Waals surface area contributed by atoms with Crippen molar-refractivity contribution in [2.24, 2.45) is 7.05 Å². The van der Waals surface area contributed by atoms with Gasteiger partial charge in [0.2, 0.25) is 5.91 Å². The Hall–Kier alpha value is -3.06. The van der Waals surface area contributed by atoms with E-state index in [0.29, 0.717) is 17.3 Å². The maximum Gasteiger partial charge on any atom is 0.308 e. The number of methoxy groups -OCH3 is 2. The Morgan fingerprint density at radius 1 is 1.00 bits per heavy atom. The maximum atomic E-state index is 13.2. The molecule has 2 heterocycles. The van der Waals surface area contributed by atoms with E-state index in [0.717, 1.165) is 16.2 Å². The van der Waals surface area contributed by atoms with Gasteiger partial charge in [-0.1, -0.05) is 29.5 Å². The molecule has 3 aromatic rings. The molecule has 0 saturated carbocycles. The zero-order valence-electron chi connectivity index (χ0n) is 15.8. The van der Waals surface area contributed by atoms with Crippen molar-refractivity contribution in [3.05, 3.63) is 68.6 Å². The third-order valence-corrected chi connectivity index (χ3v) is 6.11. The fourth-order valence-electron chi connectivity index (χ4n) is 3.57. The van der Waals surface area contributed by atoms with Crippen LogP contribution in [-0.2, 0) is 11.8 Å². The third kappa shape index (κ3) is 2.97. The van der Waals surface area contributed by atoms with Crippen LogP contribution in [0.15, 0.2) is 53.3 Å². The Kier molecular flexibility index (Phi) is 4.68. The standard InChI is InChI=1S/C21H20N2O4S/c1-22-20-19(28-21(22)25)17(13-6-4-8-15(10-13)26-2)12-18(24)23(20)14-7-5-9-16(11-14)27-3/h4-11,17H,12H2,1-3H3/t17-/m1/s1. The molecule has 0 bridgehead atoms. The van der Waals surface area contributed by atoms with Crippen LogP contribution < -0.4 is 19.2 Å². The molecule has 0 radical (unpaired) electrons. The summed E-state index contributed by atoms with van der Waals surface area (Å²) in [6.07, 6.45) is 0.275. The van der Waals surface area contributed by atoms with Gasteiger partial charge in [0.25, 0.3) is 0 Å². The summed E-state index contributed by atoms with van der Waals surface area (Å²) >= 11 is 1.19. The molecule has 0 spiro atoms. The number of anilines is 2. The lowest BCUT2D eigenvalue weighted by Gasteiger charge is -2.32. The molecule has 0 fully saturated rings. The van der Waals surface area contributed by atoms with Gasteiger partial charge in [-0.3, -0.25) is 19.1 Å². The van der Waals surface area contributed by atoms with Gasteiger partial charge < -0.3 is 9.47 Å². The molecule has 1 aliphatic heterocycles. The van der Waals surface area contributed by atoms with E-state index >= 15 is 0 Å². The van der Waals surface area contributed by atoms with Crippen LogP contribution in [0.4, 0.5) is 11.5 Å². The van der Waals surface area contributed by atoms with Gasteiger partial charge in [0, 0.05) is 25.5 Å². The number of carbonyl (C=O) groups excluding carboxylic acids is 1. The lowest BCUT2D eigenvalue weighted by molar-refractivity contribution is -0.118. The van der Waals surface area contributed by atoms with Gasteiger partial charge in [0.1, 0.15) is 17.3 Å². The van der Waals surface area contributed by atoms with Gasteiger partial charge >= 0.3 is 4.87 Å². The Morgan fingerprint density at radius 2 is 1.68 bits per heavy atom. The van der Waals surface area contributed by atoms with Crippen molar-refractivity contribution in [3.63, 3.8) is 0 Å². The number of hydrogen-bond donors (Lipinski definition) is 0. The molecular formula is C21H20N2O4S. The Balaban J connectivity index is 1.88. The van der Waals surface area contributed by atoms with Gasteiger partial charge in [-0.2, -0.15) is 0 Å². The van der Waals surface area contributed by atoms with Crippen molar-refractivity contribution in [2.75, 3.05) is 19.1 Å². The Labute approximate surface area is 166 Å². The molecule has 1 aliphatic rings. The molecule has 28 heavy (non-hydrogen) atoms. The molecule has 1 atom stereocenters. The van der Waals surface area contributed by atoms with Crippen molar-refractivity contribution < 1.29 is 14.3 Å². The maximum absolute atomic E-state index is 13.2. The third-order valence-electron chi connectivity index (χ3n) is 4.97. The molecule has 7 heteroatoms. The van der Waals surface area contributed by atoms with E-state index in [9.17, 15) is 9.59 Å². The monoisotopic (exact) mass is 396 g/mol. The average molecular weight is 396 g/mol. The normalized spacial score (nSPS) is 16.0. The van der Waals surface area contributed by atoms with Gasteiger partial charge in [-0.15, -0.1) is 0 Å². The summed E-state index contributed by atoms with van der Waals surface area (Å²) in [5, 5.41) is 0. The fourth-order valence-corrected chi connectivity index (χ4v) is 4.66. The second-order valence-corrected chi connectivity index (χ2v) is 7.57. The number of fused-ring (bicyclic) bond motifs is 1. The number of rotatable bonds is 4. The minimum Gasteiger partial charge on any atom is -0.497 e. The van der Waals surface area contributed by atoms with Crippen LogP contribution in [0.1, 0.15) is 22.8 Å². The van der Waals surface area contributed by atoms with Crippen LogP contribution in [0, 0.1) is 0 Å². The molecule has 0 saturated heterocycles. The Morgan fingerprint density at radius 3 is 2.39 bits per heavy atom. The molecule has 2 aromatic carbocycles. The second-order valence-electron chi connectivity index (χ2n) is 6.58. The summed E-state index contributed by atoms with van der Waals surface area (Å²) in [6.45, 7) is 0. The SMILES string of the molecule is COc1cccc([C@H]2CC(=O)N(c3cccc(OC)c3)c3c2sc(=O)n3C)c1. The zero-order chi connectivity index (χ0) is 19.8. The molecular weight excluding hydrogens is 376 g/mol. The minimum absolute atomic E-state index is 0.0676. The molecule has 0 N–H and O–H groups in total. The van der Waals surface area contributed by atoms with Crippen LogP contribution >= 0.6 is 11.3 Å². The predicted octanol–water partition coefficient (Wildman–Crippen LogP) is 3.66. The first-order chi connectivity index (χ1) is 13.5. The van der Waals surface area contributed by atoms with E-state index in [2.05, 4.69) is 0 Å². The van der Waals surface area contributed by atoms with Crippen LogP contribution in [0.25, 0.3) is 0 Å². The quantitative estimate of drug-likeness (QED) is 0.675. The van der Waals surface area contributed by atoms with E-state index < -0.39 is 0 Å². The number of amides is 1. The first kappa shape index (κ1) is 18.3. The number of benzene rings is 2. The highest BCUT2D eigenvalue weighted by molar-refractivity contribution is 7.10. The summed E-state index contributed by atoms with van der Waals surface area (Å²) in [6, 6.07) is 15.0. The smallest absolute Gasteiger partial charge is 0.308 e. The first-order valence-corrected chi connectivity index (χ1v) is 9.65. The highest BCUT2D eigenvalue weighted by Crippen LogP contribution is 2.45. The van der Waals surface area contributed by atoms with Gasteiger partial charge in [-0.05, 0) is 29.8 Å². The van der Waals surface area contributed by atoms with Crippen LogP contribution in [0.5, 0.6) is 11.5 Å². The van der Waals surface area contributed by atoms with Gasteiger partial charge in [0.15, 0.2) is 0 Å². The largest absolute Gasteiger partial charge is 0.497 e. The van der Waals surface area contributed by atoms with Crippen molar-refractivity contribution >= 4 is 28.7 Å². The van der Waals surface area contributed by atoms with Crippen molar-refractivity contribution in [1.82, 2.24) is 4.57 Å². The predicted molar refractivity (Wildman–Crippen MR) is 109 cm³/mol. The highest BCUT2D eigenvalue weighted by Gasteiger charge is 2.37. The summed E-state index contributed by atoms with van der Waals surface area (Å²) in [5.41, 5.74) is 1.64. The first-order valence-electron chi connectivity index (χ1n) is 8.84. The van der Waals surface area contributed by atoms with Gasteiger partial charge in [-0.25, -0.2) is 0 Å². The summed E-state index contributed by atoms with van der Waals surface area (Å²) in [7, 11) is 4.90. The summed E-state index contributed by atoms with van der Waals surface area (Å²) < 4.78 is 12.2. The molecule has 6 nitrogen and oxygen atoms in total. The highest BCUT2D eigenvalue weighted by atomic mass is 32.1. The number of carbonyl (C=O) groups is 1. The average Bonchev–Trinajstić information content (AvgIpc) is 3.02. The van der Waals surface area contributed by atoms with Crippen molar-refractivity contribution in [2.45, 2.75) is 12.3 Å². The molecule has 1 aromatic heterocycles.